The third kappa shape index (κ3) is 5.32. The van der Waals surface area contributed by atoms with Crippen LogP contribution in [0, 0.1) is 16.0 Å². The monoisotopic (exact) mass is 536 g/mol. The number of hydrogen-bond acceptors (Lipinski definition) is 9. The topological polar surface area (TPSA) is 179 Å². The number of carbonyl (C=O) groups is 3. The predicted molar refractivity (Wildman–Crippen MR) is 137 cm³/mol. The number of urea groups is 1. The van der Waals surface area contributed by atoms with Crippen molar-refractivity contribution in [2.75, 3.05) is 25.0 Å². The van der Waals surface area contributed by atoms with Crippen molar-refractivity contribution < 1.29 is 19.3 Å². The van der Waals surface area contributed by atoms with Crippen LogP contribution in [0.4, 0.5) is 16.6 Å². The summed E-state index contributed by atoms with van der Waals surface area (Å²) in [5, 5.41) is 17.1. The molecule has 2 aromatic heterocycles. The maximum atomic E-state index is 13.1. The van der Waals surface area contributed by atoms with Gasteiger partial charge in [0, 0.05) is 26.3 Å². The summed E-state index contributed by atoms with van der Waals surface area (Å²) in [5.41, 5.74) is 0.841. The van der Waals surface area contributed by atoms with Crippen LogP contribution in [0.25, 0.3) is 0 Å². The summed E-state index contributed by atoms with van der Waals surface area (Å²) in [6, 6.07) is 2.55. The number of carbonyl (C=O) groups excluding carboxylic acids is 3. The Hall–Kier alpha value is -4.69. The number of nitrogens with one attached hydrogen (secondary N) is 2. The average molecular weight is 537 g/mol. The lowest BCUT2D eigenvalue weighted by Gasteiger charge is -2.41. The summed E-state index contributed by atoms with van der Waals surface area (Å²) in [4.78, 5) is 69.1. The first-order chi connectivity index (χ1) is 18.8. The van der Waals surface area contributed by atoms with Crippen molar-refractivity contribution >= 4 is 35.6 Å². The Labute approximate surface area is 223 Å². The van der Waals surface area contributed by atoms with Crippen molar-refractivity contribution in [1.82, 2.24) is 35.4 Å². The molecule has 4 heterocycles. The van der Waals surface area contributed by atoms with Crippen LogP contribution in [-0.4, -0.2) is 85.8 Å². The van der Waals surface area contributed by atoms with Crippen LogP contribution in [0.2, 0.25) is 0 Å². The molecule has 2 saturated heterocycles. The molecule has 5 rings (SSSR count). The molecule has 3 fully saturated rings. The van der Waals surface area contributed by atoms with Crippen LogP contribution in [-0.2, 0) is 11.3 Å². The second kappa shape index (κ2) is 10.6. The van der Waals surface area contributed by atoms with Crippen LogP contribution in [0.5, 0.6) is 0 Å². The largest absolute Gasteiger partial charge is 0.468 e. The predicted octanol–water partition coefficient (Wildman–Crippen LogP) is 0.884. The second-order valence-corrected chi connectivity index (χ2v) is 9.66. The van der Waals surface area contributed by atoms with E-state index in [4.69, 9.17) is 0 Å². The third-order valence-corrected chi connectivity index (χ3v) is 6.76. The van der Waals surface area contributed by atoms with Gasteiger partial charge in [0.25, 0.3) is 11.8 Å². The van der Waals surface area contributed by atoms with Gasteiger partial charge in [0.2, 0.25) is 0 Å². The van der Waals surface area contributed by atoms with Gasteiger partial charge >= 0.3 is 12.0 Å². The molecule has 2 atom stereocenters. The third-order valence-electron chi connectivity index (χ3n) is 6.76. The van der Waals surface area contributed by atoms with Gasteiger partial charge in [-0.05, 0) is 41.7 Å². The van der Waals surface area contributed by atoms with E-state index in [0.717, 1.165) is 37.2 Å². The van der Waals surface area contributed by atoms with Crippen molar-refractivity contribution in [3.05, 3.63) is 52.0 Å². The minimum absolute atomic E-state index is 0.0843. The summed E-state index contributed by atoms with van der Waals surface area (Å²) >= 11 is 0. The number of guanidine groups is 1. The van der Waals surface area contributed by atoms with Gasteiger partial charge in [-0.2, -0.15) is 0 Å². The molecule has 1 aliphatic carbocycles. The minimum atomic E-state index is -0.742. The lowest BCUT2D eigenvalue weighted by Crippen LogP contribution is -2.67. The molecule has 2 unspecified atom stereocenters. The zero-order valence-electron chi connectivity index (χ0n) is 21.5. The first-order valence-electron chi connectivity index (χ1n) is 12.7. The molecule has 1 saturated carbocycles. The van der Waals surface area contributed by atoms with E-state index in [0.29, 0.717) is 30.8 Å². The molecule has 0 radical (unpaired) electrons. The summed E-state index contributed by atoms with van der Waals surface area (Å²) in [5.74, 6) is -0.123. The van der Waals surface area contributed by atoms with Crippen molar-refractivity contribution in [2.45, 2.75) is 44.9 Å². The highest BCUT2D eigenvalue weighted by molar-refractivity contribution is 6.05. The van der Waals surface area contributed by atoms with Gasteiger partial charge in [-0.3, -0.25) is 19.4 Å². The van der Waals surface area contributed by atoms with Crippen LogP contribution in [0.15, 0.2) is 35.7 Å². The number of imide groups is 1. The smallest absolute Gasteiger partial charge is 0.390 e. The number of nitro groups is 1. The number of hydrogen-bond donors (Lipinski definition) is 2. The fraction of sp³-hybridized carbons (Fsp3) is 0.458. The molecule has 2 aliphatic heterocycles. The number of fused-ring (bicyclic) bond motifs is 1. The van der Waals surface area contributed by atoms with Gasteiger partial charge < -0.3 is 25.6 Å². The van der Waals surface area contributed by atoms with Gasteiger partial charge in [0.05, 0.1) is 6.54 Å². The molecule has 4 amide bonds. The summed E-state index contributed by atoms with van der Waals surface area (Å²) < 4.78 is 0. The Morgan fingerprint density at radius 1 is 1.18 bits per heavy atom. The Morgan fingerprint density at radius 3 is 2.54 bits per heavy atom. The molecule has 0 spiro atoms. The van der Waals surface area contributed by atoms with Crippen LogP contribution in [0.3, 0.4) is 0 Å². The number of aromatic nitrogens is 3. The molecule has 204 valence electrons. The van der Waals surface area contributed by atoms with Crippen molar-refractivity contribution in [1.29, 1.82) is 0 Å². The highest BCUT2D eigenvalue weighted by Gasteiger charge is 2.50. The van der Waals surface area contributed by atoms with Crippen molar-refractivity contribution in [3.8, 4) is 0 Å². The maximum absolute atomic E-state index is 13.1. The molecule has 0 bridgehead atoms. The number of rotatable bonds is 9. The second-order valence-electron chi connectivity index (χ2n) is 9.66. The lowest BCUT2D eigenvalue weighted by atomic mass is 10.1. The average Bonchev–Trinajstić information content (AvgIpc) is 3.67. The number of pyridine rings is 1. The molecule has 0 aromatic carbocycles. The van der Waals surface area contributed by atoms with Gasteiger partial charge in [-0.25, -0.2) is 14.8 Å². The Morgan fingerprint density at radius 2 is 1.92 bits per heavy atom. The Bertz CT molecular complexity index is 1310. The minimum Gasteiger partial charge on any atom is -0.390 e. The highest BCUT2D eigenvalue weighted by Crippen LogP contribution is 2.32. The van der Waals surface area contributed by atoms with Gasteiger partial charge in [0.15, 0.2) is 5.96 Å². The zero-order chi connectivity index (χ0) is 27.7. The first kappa shape index (κ1) is 25.9. The number of amides is 4. The molecule has 15 nitrogen and oxygen atoms in total. The Balaban J connectivity index is 1.23. The lowest BCUT2D eigenvalue weighted by molar-refractivity contribution is -0.394. The molecule has 2 aromatic rings. The van der Waals surface area contributed by atoms with E-state index in [1.54, 1.807) is 23.2 Å². The van der Waals surface area contributed by atoms with Gasteiger partial charge in [0.1, 0.15) is 36.0 Å². The normalized spacial score (nSPS) is 21.4. The molecule has 15 heteroatoms. The van der Waals surface area contributed by atoms with Crippen LogP contribution < -0.4 is 15.5 Å². The van der Waals surface area contributed by atoms with Crippen LogP contribution in [0.1, 0.15) is 42.1 Å². The van der Waals surface area contributed by atoms with E-state index >= 15 is 0 Å². The SMILES string of the molecule is CCCN1C(=O)N(CC2CC2)C(=O)C2NC(=NCc3ccc(N(C)C(=O)c4cnc([N+](=O)[O-])nc4)nc3)NC21. The number of nitrogens with zero attached hydrogens (tertiary/aromatic N) is 8. The van der Waals surface area contributed by atoms with E-state index in [1.165, 1.54) is 16.8 Å². The van der Waals surface area contributed by atoms with Gasteiger partial charge in [-0.1, -0.05) is 23.0 Å². The van der Waals surface area contributed by atoms with E-state index in [-0.39, 0.29) is 24.0 Å². The van der Waals surface area contributed by atoms with Crippen molar-refractivity contribution in [2.24, 2.45) is 10.9 Å². The van der Waals surface area contributed by atoms with Crippen LogP contribution >= 0.6 is 0 Å². The summed E-state index contributed by atoms with van der Waals surface area (Å²) in [6.07, 6.45) is 6.12. The maximum Gasteiger partial charge on any atom is 0.468 e. The highest BCUT2D eigenvalue weighted by atomic mass is 16.6. The van der Waals surface area contributed by atoms with E-state index in [1.807, 2.05) is 6.92 Å². The van der Waals surface area contributed by atoms with E-state index in [2.05, 4.69) is 30.6 Å². The zero-order valence-corrected chi connectivity index (χ0v) is 21.5. The van der Waals surface area contributed by atoms with E-state index in [9.17, 15) is 24.5 Å². The molecule has 2 N–H and O–H groups in total. The van der Waals surface area contributed by atoms with E-state index < -0.39 is 29.0 Å². The first-order valence-corrected chi connectivity index (χ1v) is 12.7. The number of aliphatic imine (C=N–C) groups is 1. The molecule has 39 heavy (non-hydrogen) atoms. The Kier molecular flexibility index (Phi) is 7.04. The number of anilines is 1. The quantitative estimate of drug-likeness (QED) is 0.345. The fourth-order valence-corrected chi connectivity index (χ4v) is 4.48. The summed E-state index contributed by atoms with van der Waals surface area (Å²) in [7, 11) is 1.52. The molecular weight excluding hydrogens is 508 g/mol. The van der Waals surface area contributed by atoms with Gasteiger partial charge in [-0.15, -0.1) is 0 Å². The molecule has 3 aliphatic rings. The summed E-state index contributed by atoms with van der Waals surface area (Å²) in [6.45, 7) is 3.22. The van der Waals surface area contributed by atoms with Crippen molar-refractivity contribution in [3.63, 3.8) is 0 Å². The standard InChI is InChI=1S/C24H28N10O5/c1-3-8-32-19-18(21(36)33(24(32)37)13-14-4-5-14)29-22(30-19)26-10-15-6-7-17(25-9-15)31(2)20(35)16-11-27-23(28-12-16)34(38)39/h6-7,9,11-12,14,18-19H,3-5,8,10,13H2,1-2H3,(H2,26,29,30). The fourth-order valence-electron chi connectivity index (χ4n) is 4.48. The molecular formula is C24H28N10O5.